The fourth-order valence-electron chi connectivity index (χ4n) is 1.66. The molecule has 0 radical (unpaired) electrons. The molecule has 0 amide bonds. The van der Waals surface area contributed by atoms with Crippen molar-refractivity contribution in [1.82, 2.24) is 9.97 Å². The molecule has 0 unspecified atom stereocenters. The molecule has 100 valence electrons. The van der Waals surface area contributed by atoms with Crippen LogP contribution in [-0.2, 0) is 13.0 Å². The number of rotatable bonds is 5. The second kappa shape index (κ2) is 6.08. The zero-order valence-corrected chi connectivity index (χ0v) is 12.6. The first-order valence-electron chi connectivity index (χ1n) is 6.04. The molecule has 0 aliphatic rings. The highest BCUT2D eigenvalue weighted by molar-refractivity contribution is 7.80. The summed E-state index contributed by atoms with van der Waals surface area (Å²) < 4.78 is 0. The lowest BCUT2D eigenvalue weighted by molar-refractivity contribution is 1.06. The Labute approximate surface area is 122 Å². The van der Waals surface area contributed by atoms with Crippen LogP contribution in [0.15, 0.2) is 18.3 Å². The highest BCUT2D eigenvalue weighted by atomic mass is 32.1. The van der Waals surface area contributed by atoms with Crippen molar-refractivity contribution < 1.29 is 0 Å². The van der Waals surface area contributed by atoms with Gasteiger partial charge in [-0.05, 0) is 25.5 Å². The van der Waals surface area contributed by atoms with Crippen molar-refractivity contribution >= 4 is 34.4 Å². The Morgan fingerprint density at radius 2 is 2.26 bits per heavy atom. The second-order valence-corrected chi connectivity index (χ2v) is 5.81. The van der Waals surface area contributed by atoms with E-state index in [9.17, 15) is 0 Å². The van der Waals surface area contributed by atoms with E-state index in [1.165, 1.54) is 4.88 Å². The second-order valence-electron chi connectivity index (χ2n) is 4.17. The molecular formula is C13H16N4S2. The zero-order chi connectivity index (χ0) is 13.8. The molecule has 2 aromatic rings. The van der Waals surface area contributed by atoms with Crippen LogP contribution in [-0.4, -0.2) is 15.0 Å². The largest absolute Gasteiger partial charge is 0.389 e. The maximum atomic E-state index is 5.65. The molecule has 0 bridgehead atoms. The van der Waals surface area contributed by atoms with Gasteiger partial charge in [0.1, 0.15) is 15.8 Å². The molecular weight excluding hydrogens is 276 g/mol. The van der Waals surface area contributed by atoms with Gasteiger partial charge in [0, 0.05) is 22.3 Å². The lowest BCUT2D eigenvalue weighted by Gasteiger charge is -2.07. The smallest absolute Gasteiger partial charge is 0.127 e. The quantitative estimate of drug-likeness (QED) is 0.830. The standard InChI is InChI=1S/C13H16N4S2/c1-3-10-6-16-12(19-10)7-15-11-5-9(13(14)18)4-8(2)17-11/h4-6H,3,7H2,1-2H3,(H2,14,18)(H,15,17). The maximum Gasteiger partial charge on any atom is 0.127 e. The van der Waals surface area contributed by atoms with Crippen molar-refractivity contribution in [2.45, 2.75) is 26.8 Å². The van der Waals surface area contributed by atoms with Gasteiger partial charge in [-0.15, -0.1) is 11.3 Å². The number of thiazole rings is 1. The summed E-state index contributed by atoms with van der Waals surface area (Å²) in [4.78, 5) is 10.4. The first-order chi connectivity index (χ1) is 9.08. The van der Waals surface area contributed by atoms with Gasteiger partial charge < -0.3 is 11.1 Å². The summed E-state index contributed by atoms with van der Waals surface area (Å²) in [6, 6.07) is 3.75. The van der Waals surface area contributed by atoms with Gasteiger partial charge in [0.05, 0.1) is 6.54 Å². The molecule has 2 rings (SSSR count). The Hall–Kier alpha value is -1.53. The van der Waals surface area contributed by atoms with Crippen molar-refractivity contribution in [3.05, 3.63) is 39.5 Å². The van der Waals surface area contributed by atoms with E-state index in [4.69, 9.17) is 18.0 Å². The molecule has 4 nitrogen and oxygen atoms in total. The van der Waals surface area contributed by atoms with Crippen LogP contribution in [0.25, 0.3) is 0 Å². The molecule has 0 aromatic carbocycles. The van der Waals surface area contributed by atoms with Crippen molar-refractivity contribution in [1.29, 1.82) is 0 Å². The number of nitrogens with two attached hydrogens (primary N) is 1. The number of hydrogen-bond donors (Lipinski definition) is 2. The summed E-state index contributed by atoms with van der Waals surface area (Å²) in [5, 5.41) is 4.31. The summed E-state index contributed by atoms with van der Waals surface area (Å²) in [5.41, 5.74) is 7.37. The Morgan fingerprint density at radius 1 is 1.47 bits per heavy atom. The average Bonchev–Trinajstić information content (AvgIpc) is 2.83. The maximum absolute atomic E-state index is 5.65. The van der Waals surface area contributed by atoms with Gasteiger partial charge in [0.15, 0.2) is 0 Å². The summed E-state index contributed by atoms with van der Waals surface area (Å²) in [5.74, 6) is 0.774. The predicted octanol–water partition coefficient (Wildman–Crippen LogP) is 2.66. The molecule has 0 fully saturated rings. The Kier molecular flexibility index (Phi) is 4.44. The third kappa shape index (κ3) is 3.71. The number of nitrogens with one attached hydrogen (secondary N) is 1. The van der Waals surface area contributed by atoms with Gasteiger partial charge >= 0.3 is 0 Å². The van der Waals surface area contributed by atoms with Crippen LogP contribution in [0, 0.1) is 6.92 Å². The summed E-state index contributed by atoms with van der Waals surface area (Å²) in [6.45, 7) is 4.71. The summed E-state index contributed by atoms with van der Waals surface area (Å²) in [6.07, 6.45) is 2.94. The van der Waals surface area contributed by atoms with E-state index >= 15 is 0 Å². The molecule has 0 saturated carbocycles. The lowest BCUT2D eigenvalue weighted by Crippen LogP contribution is -2.11. The van der Waals surface area contributed by atoms with Crippen LogP contribution in [0.5, 0.6) is 0 Å². The summed E-state index contributed by atoms with van der Waals surface area (Å²) in [7, 11) is 0. The van der Waals surface area contributed by atoms with E-state index in [1.54, 1.807) is 11.3 Å². The van der Waals surface area contributed by atoms with Gasteiger partial charge in [0.25, 0.3) is 0 Å². The van der Waals surface area contributed by atoms with Crippen molar-refractivity contribution in [2.75, 3.05) is 5.32 Å². The zero-order valence-electron chi connectivity index (χ0n) is 10.9. The molecule has 3 N–H and O–H groups in total. The summed E-state index contributed by atoms with van der Waals surface area (Å²) >= 11 is 6.70. The minimum Gasteiger partial charge on any atom is -0.389 e. The monoisotopic (exact) mass is 292 g/mol. The Balaban J connectivity index is 2.08. The number of aromatic nitrogens is 2. The SMILES string of the molecule is CCc1cnc(CNc2cc(C(N)=S)cc(C)n2)s1. The van der Waals surface area contributed by atoms with Crippen LogP contribution in [0.1, 0.15) is 28.1 Å². The fourth-order valence-corrected chi connectivity index (χ4v) is 2.58. The number of pyridine rings is 1. The van der Waals surface area contributed by atoms with Gasteiger partial charge in [-0.25, -0.2) is 9.97 Å². The Bertz CT molecular complexity index is 592. The van der Waals surface area contributed by atoms with E-state index in [0.717, 1.165) is 28.5 Å². The van der Waals surface area contributed by atoms with Gasteiger partial charge in [-0.3, -0.25) is 0 Å². The van der Waals surface area contributed by atoms with Crippen molar-refractivity contribution in [2.24, 2.45) is 5.73 Å². The van der Waals surface area contributed by atoms with Gasteiger partial charge in [0.2, 0.25) is 0 Å². The molecule has 0 aliphatic carbocycles. The van der Waals surface area contributed by atoms with E-state index in [1.807, 2.05) is 25.3 Å². The van der Waals surface area contributed by atoms with Crippen LogP contribution < -0.4 is 11.1 Å². The topological polar surface area (TPSA) is 63.8 Å². The fraction of sp³-hybridized carbons (Fsp3) is 0.308. The number of hydrogen-bond acceptors (Lipinski definition) is 5. The normalized spacial score (nSPS) is 10.4. The highest BCUT2D eigenvalue weighted by Crippen LogP contribution is 2.16. The molecule has 2 heterocycles. The van der Waals surface area contributed by atoms with E-state index in [2.05, 4.69) is 22.2 Å². The van der Waals surface area contributed by atoms with Gasteiger partial charge in [-0.1, -0.05) is 19.1 Å². The molecule has 6 heteroatoms. The van der Waals surface area contributed by atoms with Crippen LogP contribution in [0.3, 0.4) is 0 Å². The number of thiocarbonyl (C=S) groups is 1. The average molecular weight is 292 g/mol. The van der Waals surface area contributed by atoms with Crippen molar-refractivity contribution in [3.63, 3.8) is 0 Å². The third-order valence-electron chi connectivity index (χ3n) is 2.61. The molecule has 0 spiro atoms. The lowest BCUT2D eigenvalue weighted by atomic mass is 10.2. The third-order valence-corrected chi connectivity index (χ3v) is 3.99. The number of anilines is 1. The minimum absolute atomic E-state index is 0.385. The molecule has 0 aliphatic heterocycles. The number of nitrogens with zero attached hydrogens (tertiary/aromatic N) is 2. The van der Waals surface area contributed by atoms with Crippen LogP contribution in [0.4, 0.5) is 5.82 Å². The minimum atomic E-state index is 0.385. The first-order valence-corrected chi connectivity index (χ1v) is 7.27. The highest BCUT2D eigenvalue weighted by Gasteiger charge is 2.04. The van der Waals surface area contributed by atoms with E-state index in [-0.39, 0.29) is 0 Å². The number of aryl methyl sites for hydroxylation is 2. The van der Waals surface area contributed by atoms with Gasteiger partial charge in [-0.2, -0.15) is 0 Å². The van der Waals surface area contributed by atoms with Crippen LogP contribution >= 0.6 is 23.6 Å². The van der Waals surface area contributed by atoms with Crippen LogP contribution in [0.2, 0.25) is 0 Å². The molecule has 2 aromatic heterocycles. The molecule has 0 saturated heterocycles. The molecule has 19 heavy (non-hydrogen) atoms. The van der Waals surface area contributed by atoms with E-state index < -0.39 is 0 Å². The predicted molar refractivity (Wildman–Crippen MR) is 83.7 cm³/mol. The molecule has 0 atom stereocenters. The first kappa shape index (κ1) is 13.9. The Morgan fingerprint density at radius 3 is 2.89 bits per heavy atom. The van der Waals surface area contributed by atoms with Crippen molar-refractivity contribution in [3.8, 4) is 0 Å². The van der Waals surface area contributed by atoms with E-state index in [0.29, 0.717) is 11.5 Å².